The van der Waals surface area contributed by atoms with Crippen molar-refractivity contribution in [3.63, 3.8) is 0 Å². The maximum atomic E-state index is 13.3. The number of carbonyl (C=O) groups is 1. The Morgan fingerprint density at radius 3 is 2.09 bits per heavy atom. The fraction of sp³-hybridized carbons (Fsp3) is 0.500. The summed E-state index contributed by atoms with van der Waals surface area (Å²) < 4.78 is 40.4. The largest absolute Gasteiger partial charge is 0.497 e. The molecule has 0 amide bonds. The quantitative estimate of drug-likeness (QED) is 0.237. The standard InChI is InChI=1S/C34H42N2O11/c1-39-26-5-3-25(4-6-26)34(38)27(31(33(37)46-34)28-7-14-45-47-28)21-24-22-29(40-2)32(44-20-13-36-10-17-42-18-11-36)30(23-24)43-19-12-35-8-15-41-16-9-35/h3-7,22-23,38H,8-21H2,1-2H3. The summed E-state index contributed by atoms with van der Waals surface area (Å²) in [4.78, 5) is 28.3. The van der Waals surface area contributed by atoms with Crippen molar-refractivity contribution in [3.05, 3.63) is 70.5 Å². The number of morpholine rings is 2. The van der Waals surface area contributed by atoms with Crippen LogP contribution in [0.1, 0.15) is 11.1 Å². The van der Waals surface area contributed by atoms with Gasteiger partial charge in [-0.05, 0) is 48.0 Å². The molecular weight excluding hydrogens is 612 g/mol. The zero-order valence-corrected chi connectivity index (χ0v) is 26.9. The first kappa shape index (κ1) is 33.1. The van der Waals surface area contributed by atoms with Crippen LogP contribution in [-0.2, 0) is 41.0 Å². The summed E-state index contributed by atoms with van der Waals surface area (Å²) in [6.45, 7) is 8.61. The minimum atomic E-state index is -2.08. The molecule has 47 heavy (non-hydrogen) atoms. The van der Waals surface area contributed by atoms with E-state index in [1.54, 1.807) is 44.6 Å². The molecule has 13 heteroatoms. The first-order valence-electron chi connectivity index (χ1n) is 15.9. The summed E-state index contributed by atoms with van der Waals surface area (Å²) in [6.07, 6.45) is 1.72. The zero-order valence-electron chi connectivity index (χ0n) is 26.9. The van der Waals surface area contributed by atoms with Gasteiger partial charge in [-0.2, -0.15) is 4.89 Å². The minimum absolute atomic E-state index is 0.0918. The lowest BCUT2D eigenvalue weighted by Gasteiger charge is -2.28. The number of benzene rings is 2. The number of cyclic esters (lactones) is 1. The highest BCUT2D eigenvalue weighted by Gasteiger charge is 2.50. The van der Waals surface area contributed by atoms with Gasteiger partial charge in [0.05, 0.1) is 40.6 Å². The van der Waals surface area contributed by atoms with E-state index in [1.165, 1.54) is 0 Å². The number of ether oxygens (including phenoxy) is 7. The summed E-state index contributed by atoms with van der Waals surface area (Å²) in [5.74, 6) is -0.585. The van der Waals surface area contributed by atoms with E-state index in [-0.39, 0.29) is 29.9 Å². The van der Waals surface area contributed by atoms with Crippen LogP contribution in [0, 0.1) is 0 Å². The topological polar surface area (TPSA) is 127 Å². The van der Waals surface area contributed by atoms with Crippen molar-refractivity contribution in [2.45, 2.75) is 12.2 Å². The Labute approximate surface area is 274 Å². The third-order valence-electron chi connectivity index (χ3n) is 8.58. The number of hydrogen-bond acceptors (Lipinski definition) is 13. The fourth-order valence-corrected chi connectivity index (χ4v) is 5.98. The van der Waals surface area contributed by atoms with Gasteiger partial charge in [-0.1, -0.05) is 0 Å². The molecule has 0 aliphatic carbocycles. The average Bonchev–Trinajstić information content (AvgIpc) is 3.72. The van der Waals surface area contributed by atoms with Crippen molar-refractivity contribution in [2.75, 3.05) is 99.7 Å². The minimum Gasteiger partial charge on any atom is -0.497 e. The van der Waals surface area contributed by atoms with E-state index in [2.05, 4.69) is 9.80 Å². The highest BCUT2D eigenvalue weighted by molar-refractivity contribution is 5.97. The van der Waals surface area contributed by atoms with Gasteiger partial charge in [-0.25, -0.2) is 4.79 Å². The molecule has 1 atom stereocenters. The predicted molar refractivity (Wildman–Crippen MR) is 167 cm³/mol. The molecule has 4 aliphatic heterocycles. The van der Waals surface area contributed by atoms with Crippen LogP contribution in [0.3, 0.4) is 0 Å². The normalized spacial score (nSPS) is 22.1. The number of methoxy groups -OCH3 is 2. The number of nitrogens with zero attached hydrogens (tertiary/aromatic N) is 2. The molecule has 0 bridgehead atoms. The molecule has 2 aromatic rings. The highest BCUT2D eigenvalue weighted by atomic mass is 17.2. The molecule has 4 heterocycles. The Morgan fingerprint density at radius 2 is 1.49 bits per heavy atom. The SMILES string of the molecule is COc1ccc(C2(O)OC(=O)C(C3=CCOO3)=C2Cc2cc(OC)c(OCCN3CCOCC3)c(OCCN3CCOCC3)c2)cc1. The number of hydrogen-bond donors (Lipinski definition) is 1. The first-order chi connectivity index (χ1) is 23.0. The first-order valence-corrected chi connectivity index (χ1v) is 15.9. The third-order valence-corrected chi connectivity index (χ3v) is 8.58. The van der Waals surface area contributed by atoms with E-state index in [9.17, 15) is 9.90 Å². The summed E-state index contributed by atoms with van der Waals surface area (Å²) in [5.41, 5.74) is 1.43. The van der Waals surface area contributed by atoms with Crippen LogP contribution in [0.2, 0.25) is 0 Å². The third kappa shape index (κ3) is 7.67. The Hall–Kier alpha value is -3.85. The molecule has 1 unspecified atom stereocenters. The van der Waals surface area contributed by atoms with E-state index in [0.29, 0.717) is 80.3 Å². The Morgan fingerprint density at radius 1 is 0.851 bits per heavy atom. The molecule has 4 aliphatic rings. The Balaban J connectivity index is 1.32. The van der Waals surface area contributed by atoms with Crippen molar-refractivity contribution in [3.8, 4) is 23.0 Å². The molecule has 2 saturated heterocycles. The summed E-state index contributed by atoms with van der Waals surface area (Å²) in [7, 11) is 3.12. The molecule has 0 saturated carbocycles. The second-order valence-electron chi connectivity index (χ2n) is 11.5. The van der Waals surface area contributed by atoms with Crippen LogP contribution in [0.4, 0.5) is 0 Å². The zero-order chi connectivity index (χ0) is 32.6. The Kier molecular flexibility index (Phi) is 10.8. The van der Waals surface area contributed by atoms with Crippen molar-refractivity contribution >= 4 is 5.97 Å². The molecule has 1 N–H and O–H groups in total. The van der Waals surface area contributed by atoms with Crippen molar-refractivity contribution in [2.24, 2.45) is 0 Å². The number of esters is 1. The molecule has 2 aromatic carbocycles. The van der Waals surface area contributed by atoms with Gasteiger partial charge < -0.3 is 43.2 Å². The van der Waals surface area contributed by atoms with Crippen LogP contribution in [-0.4, -0.2) is 121 Å². The fourth-order valence-electron chi connectivity index (χ4n) is 5.98. The molecule has 0 spiro atoms. The lowest BCUT2D eigenvalue weighted by atomic mass is 9.89. The monoisotopic (exact) mass is 654 g/mol. The van der Waals surface area contributed by atoms with Crippen molar-refractivity contribution in [1.29, 1.82) is 0 Å². The van der Waals surface area contributed by atoms with Crippen LogP contribution >= 0.6 is 0 Å². The molecule has 13 nitrogen and oxygen atoms in total. The molecular formula is C34H42N2O11. The maximum absolute atomic E-state index is 13.3. The van der Waals surface area contributed by atoms with Gasteiger partial charge in [0.2, 0.25) is 5.75 Å². The number of carbonyl (C=O) groups excluding carboxylic acids is 1. The van der Waals surface area contributed by atoms with Gasteiger partial charge in [0, 0.05) is 56.8 Å². The van der Waals surface area contributed by atoms with Crippen LogP contribution in [0.15, 0.2) is 59.4 Å². The summed E-state index contributed by atoms with van der Waals surface area (Å²) >= 11 is 0. The summed E-state index contributed by atoms with van der Waals surface area (Å²) in [6, 6.07) is 10.4. The van der Waals surface area contributed by atoms with Gasteiger partial charge in [0.1, 0.15) is 31.1 Å². The van der Waals surface area contributed by atoms with Gasteiger partial charge in [-0.3, -0.25) is 9.80 Å². The number of rotatable bonds is 14. The van der Waals surface area contributed by atoms with E-state index in [4.69, 9.17) is 42.9 Å². The van der Waals surface area contributed by atoms with E-state index >= 15 is 0 Å². The lowest BCUT2D eigenvalue weighted by molar-refractivity contribution is -0.231. The average molecular weight is 655 g/mol. The van der Waals surface area contributed by atoms with E-state index < -0.39 is 11.8 Å². The second-order valence-corrected chi connectivity index (χ2v) is 11.5. The van der Waals surface area contributed by atoms with Gasteiger partial charge in [0.25, 0.3) is 5.79 Å². The van der Waals surface area contributed by atoms with Gasteiger partial charge in [-0.15, -0.1) is 0 Å². The van der Waals surface area contributed by atoms with Crippen molar-refractivity contribution < 1.29 is 52.8 Å². The van der Waals surface area contributed by atoms with E-state index in [0.717, 1.165) is 32.7 Å². The summed E-state index contributed by atoms with van der Waals surface area (Å²) in [5, 5.41) is 12.0. The molecule has 0 aromatic heterocycles. The van der Waals surface area contributed by atoms with Crippen molar-refractivity contribution in [1.82, 2.24) is 9.80 Å². The number of aliphatic hydroxyl groups is 1. The maximum Gasteiger partial charge on any atom is 0.345 e. The van der Waals surface area contributed by atoms with Gasteiger partial charge in [0.15, 0.2) is 17.3 Å². The smallest absolute Gasteiger partial charge is 0.345 e. The van der Waals surface area contributed by atoms with Gasteiger partial charge >= 0.3 is 5.97 Å². The van der Waals surface area contributed by atoms with Crippen LogP contribution in [0.25, 0.3) is 0 Å². The molecule has 2 fully saturated rings. The second kappa shape index (κ2) is 15.4. The Bertz CT molecular complexity index is 1450. The van der Waals surface area contributed by atoms with Crippen LogP contribution < -0.4 is 18.9 Å². The van der Waals surface area contributed by atoms with E-state index in [1.807, 2.05) is 12.1 Å². The lowest BCUT2D eigenvalue weighted by Crippen LogP contribution is -2.39. The molecule has 6 rings (SSSR count). The predicted octanol–water partition coefficient (Wildman–Crippen LogP) is 2.21. The highest BCUT2D eigenvalue weighted by Crippen LogP contribution is 2.46. The molecule has 0 radical (unpaired) electrons. The van der Waals surface area contributed by atoms with Crippen LogP contribution in [0.5, 0.6) is 23.0 Å². The molecule has 254 valence electrons.